The zero-order valence-electron chi connectivity index (χ0n) is 8.06. The second-order valence-corrected chi connectivity index (χ2v) is 3.86. The Bertz CT molecular complexity index is 381. The average molecular weight is 218 g/mol. The van der Waals surface area contributed by atoms with Gasteiger partial charge in [-0.25, -0.2) is 5.11 Å². The van der Waals surface area contributed by atoms with E-state index in [0.29, 0.717) is 11.1 Å². The first-order chi connectivity index (χ1) is 7.21. The fraction of sp³-hybridized carbons (Fsp3) is 0.0769. The van der Waals surface area contributed by atoms with E-state index in [1.54, 1.807) is 24.3 Å². The van der Waals surface area contributed by atoms with E-state index >= 15 is 0 Å². The van der Waals surface area contributed by atoms with Crippen LogP contribution in [0.15, 0.2) is 60.7 Å². The number of hydrogen-bond acceptors (Lipinski definition) is 0. The number of hydrogen-bond donors (Lipinski definition) is 0. The maximum atomic E-state index is 12.3. The number of rotatable bonds is 2. The molecule has 75 valence electrons. The molecule has 2 aromatic rings. The van der Waals surface area contributed by atoms with Gasteiger partial charge in [0.15, 0.2) is 0 Å². The van der Waals surface area contributed by atoms with Crippen molar-refractivity contribution >= 4 is 11.6 Å². The molecule has 1 radical (unpaired) electrons. The minimum absolute atomic E-state index is 0.567. The molecule has 0 saturated carbocycles. The van der Waals surface area contributed by atoms with E-state index in [1.807, 2.05) is 36.4 Å². The van der Waals surface area contributed by atoms with Crippen LogP contribution in [0.1, 0.15) is 11.1 Å². The third-order valence-corrected chi connectivity index (χ3v) is 2.73. The molecule has 2 rings (SSSR count). The third-order valence-electron chi connectivity index (χ3n) is 2.29. The second kappa shape index (κ2) is 4.05. The smallest absolute Gasteiger partial charge is 0.201 e. The van der Waals surface area contributed by atoms with Crippen molar-refractivity contribution in [1.82, 2.24) is 0 Å². The number of benzene rings is 2. The van der Waals surface area contributed by atoms with Crippen LogP contribution in [-0.2, 0) is 10.2 Å². The summed E-state index contributed by atoms with van der Waals surface area (Å²) in [4.78, 5) is 0. The van der Waals surface area contributed by atoms with Crippen molar-refractivity contribution in [2.75, 3.05) is 0 Å². The fourth-order valence-electron chi connectivity index (χ4n) is 1.47. The van der Waals surface area contributed by atoms with Gasteiger partial charge < -0.3 is 0 Å². The first-order valence-electron chi connectivity index (χ1n) is 4.71. The summed E-state index contributed by atoms with van der Waals surface area (Å²) >= 11 is 6.03. The molecular formula is C13H10ClO. The Morgan fingerprint density at radius 2 is 1.07 bits per heavy atom. The van der Waals surface area contributed by atoms with Gasteiger partial charge in [-0.05, 0) is 0 Å². The Labute approximate surface area is 94.0 Å². The van der Waals surface area contributed by atoms with Crippen molar-refractivity contribution in [3.05, 3.63) is 71.8 Å². The molecule has 0 heterocycles. The van der Waals surface area contributed by atoms with Crippen LogP contribution in [-0.4, -0.2) is 0 Å². The molecule has 0 spiro atoms. The van der Waals surface area contributed by atoms with Crippen LogP contribution in [0.3, 0.4) is 0 Å². The van der Waals surface area contributed by atoms with Crippen molar-refractivity contribution in [3.63, 3.8) is 0 Å². The maximum Gasteiger partial charge on any atom is 0.226 e. The summed E-state index contributed by atoms with van der Waals surface area (Å²) in [5.74, 6) is 0. The topological polar surface area (TPSA) is 19.9 Å². The SMILES string of the molecule is [O]C(Cl)(c1ccccc1)c1ccccc1. The first kappa shape index (κ1) is 10.2. The lowest BCUT2D eigenvalue weighted by molar-refractivity contribution is 0.0819. The van der Waals surface area contributed by atoms with Crippen LogP contribution < -0.4 is 0 Å². The van der Waals surface area contributed by atoms with E-state index in [9.17, 15) is 5.11 Å². The van der Waals surface area contributed by atoms with E-state index in [2.05, 4.69) is 0 Å². The Balaban J connectivity index is 2.44. The lowest BCUT2D eigenvalue weighted by atomic mass is 10.0. The molecule has 0 N–H and O–H groups in total. The molecule has 2 heteroatoms. The quantitative estimate of drug-likeness (QED) is 0.686. The summed E-state index contributed by atoms with van der Waals surface area (Å²) in [6.07, 6.45) is 0. The molecular weight excluding hydrogens is 208 g/mol. The van der Waals surface area contributed by atoms with Gasteiger partial charge in [0.1, 0.15) is 0 Å². The molecule has 0 aliphatic carbocycles. The largest absolute Gasteiger partial charge is 0.226 e. The average Bonchev–Trinajstić information content (AvgIpc) is 2.31. The molecule has 0 aromatic heterocycles. The highest BCUT2D eigenvalue weighted by Gasteiger charge is 2.30. The minimum Gasteiger partial charge on any atom is -0.201 e. The summed E-state index contributed by atoms with van der Waals surface area (Å²) in [7, 11) is 0. The van der Waals surface area contributed by atoms with E-state index in [1.165, 1.54) is 0 Å². The highest BCUT2D eigenvalue weighted by atomic mass is 35.5. The standard InChI is InChI=1S/C13H10ClO/c14-13(15,11-7-3-1-4-8-11)12-9-5-2-6-10-12/h1-10H. The van der Waals surface area contributed by atoms with Crippen LogP contribution in [0.5, 0.6) is 0 Å². The highest BCUT2D eigenvalue weighted by Crippen LogP contribution is 2.33. The van der Waals surface area contributed by atoms with Crippen LogP contribution in [0.25, 0.3) is 0 Å². The molecule has 0 bridgehead atoms. The fourth-order valence-corrected chi connectivity index (χ4v) is 1.72. The van der Waals surface area contributed by atoms with Gasteiger partial charge in [0.05, 0.1) is 0 Å². The lowest BCUT2D eigenvalue weighted by Crippen LogP contribution is -2.17. The lowest BCUT2D eigenvalue weighted by Gasteiger charge is -2.18. The zero-order chi connectivity index (χ0) is 10.7. The van der Waals surface area contributed by atoms with Gasteiger partial charge in [0.2, 0.25) is 5.06 Å². The van der Waals surface area contributed by atoms with Crippen LogP contribution >= 0.6 is 11.6 Å². The third kappa shape index (κ3) is 2.04. The maximum absolute atomic E-state index is 12.3. The first-order valence-corrected chi connectivity index (χ1v) is 5.09. The summed E-state index contributed by atoms with van der Waals surface area (Å²) in [6, 6.07) is 17.9. The van der Waals surface area contributed by atoms with Gasteiger partial charge in [0, 0.05) is 11.1 Å². The molecule has 0 aliphatic rings. The Hall–Kier alpha value is -1.31. The molecule has 0 fully saturated rings. The van der Waals surface area contributed by atoms with Crippen molar-refractivity contribution in [2.45, 2.75) is 5.06 Å². The molecule has 2 aromatic carbocycles. The summed E-state index contributed by atoms with van der Waals surface area (Å²) in [5.41, 5.74) is 1.13. The van der Waals surface area contributed by atoms with E-state index < -0.39 is 5.06 Å². The van der Waals surface area contributed by atoms with E-state index in [0.717, 1.165) is 0 Å². The van der Waals surface area contributed by atoms with Crippen LogP contribution in [0.4, 0.5) is 0 Å². The van der Waals surface area contributed by atoms with Gasteiger partial charge in [-0.2, -0.15) is 0 Å². The van der Waals surface area contributed by atoms with E-state index in [4.69, 9.17) is 11.6 Å². The van der Waals surface area contributed by atoms with Gasteiger partial charge in [0.25, 0.3) is 0 Å². The predicted octanol–water partition coefficient (Wildman–Crippen LogP) is 3.56. The van der Waals surface area contributed by atoms with Gasteiger partial charge in [-0.3, -0.25) is 0 Å². The number of alkyl halides is 1. The molecule has 0 amide bonds. The Kier molecular flexibility index (Phi) is 2.76. The highest BCUT2D eigenvalue weighted by molar-refractivity contribution is 6.24. The number of halogens is 1. The van der Waals surface area contributed by atoms with E-state index in [-0.39, 0.29) is 0 Å². The van der Waals surface area contributed by atoms with Crippen molar-refractivity contribution in [1.29, 1.82) is 0 Å². The van der Waals surface area contributed by atoms with Gasteiger partial charge in [-0.1, -0.05) is 72.3 Å². The zero-order valence-corrected chi connectivity index (χ0v) is 8.82. The van der Waals surface area contributed by atoms with Gasteiger partial charge >= 0.3 is 0 Å². The summed E-state index contributed by atoms with van der Waals surface area (Å²) in [5, 5.41) is 10.6. The monoisotopic (exact) mass is 217 g/mol. The molecule has 1 nitrogen and oxygen atoms in total. The van der Waals surface area contributed by atoms with Crippen molar-refractivity contribution < 1.29 is 5.11 Å². The molecule has 0 saturated heterocycles. The van der Waals surface area contributed by atoms with Gasteiger partial charge in [-0.15, -0.1) is 0 Å². The molecule has 0 unspecified atom stereocenters. The minimum atomic E-state index is -1.69. The molecule has 0 atom stereocenters. The Morgan fingerprint density at radius 3 is 1.40 bits per heavy atom. The van der Waals surface area contributed by atoms with Crippen LogP contribution in [0, 0.1) is 0 Å². The summed E-state index contributed by atoms with van der Waals surface area (Å²) in [6.45, 7) is 0. The predicted molar refractivity (Wildman–Crippen MR) is 60.2 cm³/mol. The second-order valence-electron chi connectivity index (χ2n) is 3.33. The molecule has 0 aliphatic heterocycles. The normalized spacial score (nSPS) is 11.3. The van der Waals surface area contributed by atoms with Crippen molar-refractivity contribution in [3.8, 4) is 0 Å². The van der Waals surface area contributed by atoms with Crippen molar-refractivity contribution in [2.24, 2.45) is 0 Å². The van der Waals surface area contributed by atoms with Crippen LogP contribution in [0.2, 0.25) is 0 Å². The Morgan fingerprint density at radius 1 is 0.733 bits per heavy atom. The summed E-state index contributed by atoms with van der Waals surface area (Å²) < 4.78 is 0. The molecule has 15 heavy (non-hydrogen) atoms.